The Bertz CT molecular complexity index is 1150. The van der Waals surface area contributed by atoms with Crippen LogP contribution in [0.5, 0.6) is 11.5 Å². The van der Waals surface area contributed by atoms with Crippen LogP contribution in [0, 0.1) is 0 Å². The lowest BCUT2D eigenvalue weighted by atomic mass is 9.89. The van der Waals surface area contributed by atoms with E-state index < -0.39 is 12.0 Å². The van der Waals surface area contributed by atoms with E-state index in [0.717, 1.165) is 22.0 Å². The topological polar surface area (TPSA) is 81.0 Å². The Morgan fingerprint density at radius 2 is 1.81 bits per heavy atom. The molecule has 7 nitrogen and oxygen atoms in total. The lowest BCUT2D eigenvalue weighted by Gasteiger charge is -2.37. The molecule has 7 heteroatoms. The normalized spacial score (nSPS) is 15.6. The lowest BCUT2D eigenvalue weighted by Crippen LogP contribution is -2.41. The van der Waals surface area contributed by atoms with E-state index in [9.17, 15) is 14.7 Å². The minimum atomic E-state index is -0.957. The fraction of sp³-hybridized carbons (Fsp3) is 0.333. The van der Waals surface area contributed by atoms with E-state index >= 15 is 0 Å². The summed E-state index contributed by atoms with van der Waals surface area (Å²) in [5.41, 5.74) is 3.33. The number of hydrogen-bond donors (Lipinski definition) is 1. The Morgan fingerprint density at radius 3 is 2.48 bits per heavy atom. The van der Waals surface area contributed by atoms with E-state index in [1.54, 1.807) is 25.2 Å². The number of amides is 1. The van der Waals surface area contributed by atoms with Crippen LogP contribution in [0.2, 0.25) is 0 Å². The predicted molar refractivity (Wildman–Crippen MR) is 117 cm³/mol. The molecule has 0 saturated heterocycles. The molecule has 1 atom stereocenters. The van der Waals surface area contributed by atoms with Gasteiger partial charge in [-0.25, -0.2) is 0 Å². The highest BCUT2D eigenvalue weighted by molar-refractivity contribution is 5.99. The molecule has 162 valence electrons. The van der Waals surface area contributed by atoms with Crippen molar-refractivity contribution in [1.29, 1.82) is 0 Å². The molecule has 0 radical (unpaired) electrons. The van der Waals surface area contributed by atoms with Gasteiger partial charge in [0.25, 0.3) is 5.91 Å². The first-order chi connectivity index (χ1) is 15.0. The van der Waals surface area contributed by atoms with Crippen LogP contribution in [0.1, 0.15) is 41.0 Å². The average Bonchev–Trinajstić information content (AvgIpc) is 3.16. The first kappa shape index (κ1) is 20.8. The molecule has 0 saturated carbocycles. The summed E-state index contributed by atoms with van der Waals surface area (Å²) in [5.74, 6) is 0.000949. The quantitative estimate of drug-likeness (QED) is 0.652. The summed E-state index contributed by atoms with van der Waals surface area (Å²) < 4.78 is 12.8. The highest BCUT2D eigenvalue weighted by Gasteiger charge is 2.35. The van der Waals surface area contributed by atoms with Gasteiger partial charge < -0.3 is 24.0 Å². The molecule has 1 N–H and O–H groups in total. The predicted octanol–water partition coefficient (Wildman–Crippen LogP) is 3.89. The zero-order valence-electron chi connectivity index (χ0n) is 17.9. The summed E-state index contributed by atoms with van der Waals surface area (Å²) in [6.07, 6.45) is 0.435. The molecule has 1 aliphatic rings. The van der Waals surface area contributed by atoms with E-state index in [-0.39, 0.29) is 12.3 Å². The summed E-state index contributed by atoms with van der Waals surface area (Å²) in [6, 6.07) is 12.9. The van der Waals surface area contributed by atoms with Gasteiger partial charge >= 0.3 is 5.97 Å². The van der Waals surface area contributed by atoms with Crippen LogP contribution in [0.25, 0.3) is 10.9 Å². The molecule has 0 fully saturated rings. The van der Waals surface area contributed by atoms with Crippen molar-refractivity contribution < 1.29 is 24.2 Å². The summed E-state index contributed by atoms with van der Waals surface area (Å²) in [6.45, 7) is 3.08. The van der Waals surface area contributed by atoms with Gasteiger partial charge in [0.15, 0.2) is 11.5 Å². The summed E-state index contributed by atoms with van der Waals surface area (Å²) in [7, 11) is 3.11. The first-order valence-corrected chi connectivity index (χ1v) is 10.3. The fourth-order valence-electron chi connectivity index (χ4n) is 4.53. The maximum absolute atomic E-state index is 13.7. The largest absolute Gasteiger partial charge is 0.493 e. The third kappa shape index (κ3) is 3.60. The Balaban J connectivity index is 1.80. The molecule has 31 heavy (non-hydrogen) atoms. The van der Waals surface area contributed by atoms with E-state index in [0.29, 0.717) is 36.7 Å². The van der Waals surface area contributed by atoms with Gasteiger partial charge in [0, 0.05) is 24.0 Å². The van der Waals surface area contributed by atoms with Crippen LogP contribution >= 0.6 is 0 Å². The molecular formula is C24H26N2O5. The number of carboxylic acid groups (broad SMARTS) is 1. The fourth-order valence-corrected chi connectivity index (χ4v) is 4.53. The van der Waals surface area contributed by atoms with Gasteiger partial charge in [0.2, 0.25) is 0 Å². The van der Waals surface area contributed by atoms with Crippen molar-refractivity contribution in [2.24, 2.45) is 0 Å². The molecule has 0 spiro atoms. The molecule has 1 aliphatic heterocycles. The second-order valence-electron chi connectivity index (χ2n) is 7.60. The lowest BCUT2D eigenvalue weighted by molar-refractivity contribution is -0.138. The van der Waals surface area contributed by atoms with Crippen molar-refractivity contribution in [3.63, 3.8) is 0 Å². The molecule has 1 unspecified atom stereocenters. The smallest absolute Gasteiger partial charge is 0.305 e. The molecule has 1 amide bonds. The molecule has 2 aromatic carbocycles. The number of rotatable bonds is 6. The van der Waals surface area contributed by atoms with E-state index in [1.165, 1.54) is 0 Å². The van der Waals surface area contributed by atoms with Crippen molar-refractivity contribution >= 4 is 22.8 Å². The average molecular weight is 422 g/mol. The monoisotopic (exact) mass is 422 g/mol. The standard InChI is InChI=1S/C24H26N2O5/c1-4-25-18-8-6-5-7-16(18)11-20(25)24(29)26-10-9-15-12-21(30-2)22(31-3)13-17(15)19(26)14-23(27)28/h5-8,11-13,19H,4,9-10,14H2,1-3H3,(H,27,28). The van der Waals surface area contributed by atoms with Crippen LogP contribution in [-0.4, -0.2) is 47.2 Å². The van der Waals surface area contributed by atoms with E-state index in [4.69, 9.17) is 9.47 Å². The van der Waals surface area contributed by atoms with Gasteiger partial charge in [-0.2, -0.15) is 0 Å². The molecule has 0 bridgehead atoms. The summed E-state index contributed by atoms with van der Waals surface area (Å²) in [5, 5.41) is 10.6. The molecule has 2 heterocycles. The van der Waals surface area contributed by atoms with Gasteiger partial charge in [0.05, 0.1) is 26.7 Å². The third-order valence-electron chi connectivity index (χ3n) is 5.98. The van der Waals surface area contributed by atoms with E-state index in [2.05, 4.69) is 0 Å². The number of carbonyl (C=O) groups is 2. The Kier molecular flexibility index (Phi) is 5.59. The van der Waals surface area contributed by atoms with Crippen molar-refractivity contribution in [2.75, 3.05) is 20.8 Å². The number of benzene rings is 2. The number of nitrogens with zero attached hydrogens (tertiary/aromatic N) is 2. The Morgan fingerprint density at radius 1 is 1.10 bits per heavy atom. The van der Waals surface area contributed by atoms with Gasteiger partial charge in [-0.05, 0) is 48.7 Å². The SMILES string of the molecule is CCn1c(C(=O)N2CCc3cc(OC)c(OC)cc3C2CC(=O)O)cc2ccccc21. The van der Waals surface area contributed by atoms with Crippen LogP contribution in [0.3, 0.4) is 0 Å². The maximum Gasteiger partial charge on any atom is 0.305 e. The van der Waals surface area contributed by atoms with Gasteiger partial charge in [-0.1, -0.05) is 18.2 Å². The first-order valence-electron chi connectivity index (χ1n) is 10.3. The number of hydrogen-bond acceptors (Lipinski definition) is 4. The zero-order chi connectivity index (χ0) is 22.1. The van der Waals surface area contributed by atoms with Crippen LogP contribution < -0.4 is 9.47 Å². The Hall–Kier alpha value is -3.48. The second-order valence-corrected chi connectivity index (χ2v) is 7.60. The number of ether oxygens (including phenoxy) is 2. The Labute approximate surface area is 180 Å². The number of carbonyl (C=O) groups excluding carboxylic acids is 1. The molecule has 3 aromatic rings. The minimum Gasteiger partial charge on any atom is -0.493 e. The molecule has 4 rings (SSSR count). The van der Waals surface area contributed by atoms with Crippen molar-refractivity contribution in [1.82, 2.24) is 9.47 Å². The number of methoxy groups -OCH3 is 2. The number of aromatic nitrogens is 1. The van der Waals surface area contributed by atoms with Gasteiger partial charge in [0.1, 0.15) is 5.69 Å². The number of aryl methyl sites for hydroxylation is 1. The van der Waals surface area contributed by atoms with Gasteiger partial charge in [-0.15, -0.1) is 0 Å². The van der Waals surface area contributed by atoms with Crippen molar-refractivity contribution in [3.05, 3.63) is 59.3 Å². The summed E-state index contributed by atoms with van der Waals surface area (Å²) in [4.78, 5) is 27.1. The van der Waals surface area contributed by atoms with E-state index in [1.807, 2.05) is 47.9 Å². The second kappa shape index (κ2) is 8.34. The summed E-state index contributed by atoms with van der Waals surface area (Å²) >= 11 is 0. The highest BCUT2D eigenvalue weighted by atomic mass is 16.5. The number of para-hydroxylation sites is 1. The highest BCUT2D eigenvalue weighted by Crippen LogP contribution is 2.40. The van der Waals surface area contributed by atoms with Crippen LogP contribution in [-0.2, 0) is 17.8 Å². The third-order valence-corrected chi connectivity index (χ3v) is 5.98. The van der Waals surface area contributed by atoms with Crippen LogP contribution in [0.15, 0.2) is 42.5 Å². The zero-order valence-corrected chi connectivity index (χ0v) is 17.9. The number of carboxylic acids is 1. The van der Waals surface area contributed by atoms with Crippen molar-refractivity contribution in [3.8, 4) is 11.5 Å². The van der Waals surface area contributed by atoms with Crippen LogP contribution in [0.4, 0.5) is 0 Å². The molecule has 0 aliphatic carbocycles. The minimum absolute atomic E-state index is 0.162. The number of fused-ring (bicyclic) bond motifs is 2. The molecule has 1 aromatic heterocycles. The maximum atomic E-state index is 13.7. The van der Waals surface area contributed by atoms with Gasteiger partial charge in [-0.3, -0.25) is 9.59 Å². The number of aliphatic carboxylic acids is 1. The molecular weight excluding hydrogens is 396 g/mol. The van der Waals surface area contributed by atoms with Crippen molar-refractivity contribution in [2.45, 2.75) is 32.4 Å².